The summed E-state index contributed by atoms with van der Waals surface area (Å²) in [5, 5.41) is 1.98. The number of hydrazine groups is 1. The van der Waals surface area contributed by atoms with Crippen LogP contribution in [0.3, 0.4) is 0 Å². The molecule has 3 aromatic rings. The molecule has 0 aliphatic heterocycles. The smallest absolute Gasteiger partial charge is 0.279 e. The van der Waals surface area contributed by atoms with E-state index in [2.05, 4.69) is 10.9 Å². The van der Waals surface area contributed by atoms with Crippen LogP contribution in [0, 0.1) is 13.8 Å². The lowest BCUT2D eigenvalue weighted by atomic mass is 10.1. The molecular weight excluding hydrogens is 400 g/mol. The van der Waals surface area contributed by atoms with Crippen molar-refractivity contribution in [3.63, 3.8) is 0 Å². The van der Waals surface area contributed by atoms with E-state index in [0.717, 1.165) is 16.0 Å². The van der Waals surface area contributed by atoms with Crippen LogP contribution in [0.15, 0.2) is 60.0 Å². The van der Waals surface area contributed by atoms with E-state index in [1.165, 1.54) is 0 Å². The fourth-order valence-corrected chi connectivity index (χ4v) is 3.28. The summed E-state index contributed by atoms with van der Waals surface area (Å²) in [6.45, 7) is 5.98. The Morgan fingerprint density at radius 2 is 1.83 bits per heavy atom. The van der Waals surface area contributed by atoms with E-state index < -0.39 is 17.9 Å². The van der Waals surface area contributed by atoms with Crippen LogP contribution in [0.5, 0.6) is 11.5 Å². The number of benzene rings is 2. The summed E-state index contributed by atoms with van der Waals surface area (Å²) in [5.41, 5.74) is 7.25. The number of rotatable bonds is 7. The van der Waals surface area contributed by atoms with Crippen molar-refractivity contribution in [3.8, 4) is 11.5 Å². The molecule has 1 heterocycles. The molecule has 0 bridgehead atoms. The van der Waals surface area contributed by atoms with Gasteiger partial charge in [0, 0.05) is 10.4 Å². The Labute approximate surface area is 179 Å². The Kier molecular flexibility index (Phi) is 7.08. The third-order valence-corrected chi connectivity index (χ3v) is 5.43. The van der Waals surface area contributed by atoms with Gasteiger partial charge in [0.15, 0.2) is 6.10 Å². The number of ether oxygens (including phenoxy) is 2. The first-order valence-corrected chi connectivity index (χ1v) is 10.4. The summed E-state index contributed by atoms with van der Waals surface area (Å²) in [7, 11) is 0. The van der Waals surface area contributed by atoms with Crippen molar-refractivity contribution in [2.45, 2.75) is 33.5 Å². The molecule has 2 N–H and O–H groups in total. The molecule has 0 saturated carbocycles. The van der Waals surface area contributed by atoms with E-state index in [0.29, 0.717) is 23.7 Å². The van der Waals surface area contributed by atoms with Crippen molar-refractivity contribution in [1.82, 2.24) is 10.9 Å². The van der Waals surface area contributed by atoms with Gasteiger partial charge in [-0.3, -0.25) is 20.4 Å². The average Bonchev–Trinajstić information content (AvgIpc) is 3.27. The molecule has 7 heteroatoms. The number of carbonyl (C=O) groups is 2. The van der Waals surface area contributed by atoms with Gasteiger partial charge in [0.2, 0.25) is 0 Å². The maximum Gasteiger partial charge on any atom is 0.279 e. The number of hydrogen-bond donors (Lipinski definition) is 2. The molecule has 2 aromatic carbocycles. The third kappa shape index (κ3) is 5.61. The van der Waals surface area contributed by atoms with Gasteiger partial charge in [0.1, 0.15) is 18.1 Å². The first-order chi connectivity index (χ1) is 14.4. The zero-order valence-electron chi connectivity index (χ0n) is 17.1. The van der Waals surface area contributed by atoms with Crippen LogP contribution in [0.2, 0.25) is 0 Å². The van der Waals surface area contributed by atoms with E-state index in [-0.39, 0.29) is 0 Å². The van der Waals surface area contributed by atoms with Gasteiger partial charge in [-0.05, 0) is 67.6 Å². The molecule has 30 heavy (non-hydrogen) atoms. The van der Waals surface area contributed by atoms with Gasteiger partial charge >= 0.3 is 0 Å². The Balaban J connectivity index is 1.52. The second kappa shape index (κ2) is 9.93. The van der Waals surface area contributed by atoms with E-state index in [1.807, 2.05) is 49.6 Å². The van der Waals surface area contributed by atoms with Crippen molar-refractivity contribution >= 4 is 23.2 Å². The standard InChI is InChI=1S/C23H24N2O4S/c1-15-7-4-11-21(16(15)2)29-17(3)22(26)24-25-23(27)18-8-5-9-19(13-18)28-14-20-10-6-12-30-20/h4-13,17H,14H2,1-3H3,(H,24,26)(H,25,27). The Morgan fingerprint density at radius 1 is 1.03 bits per heavy atom. The molecule has 1 aromatic heterocycles. The van der Waals surface area contributed by atoms with Crippen molar-refractivity contribution in [2.24, 2.45) is 0 Å². The molecule has 2 amide bonds. The predicted molar refractivity (Wildman–Crippen MR) is 117 cm³/mol. The van der Waals surface area contributed by atoms with Crippen molar-refractivity contribution in [1.29, 1.82) is 0 Å². The quantitative estimate of drug-likeness (QED) is 0.558. The van der Waals surface area contributed by atoms with Gasteiger partial charge in [-0.1, -0.05) is 24.3 Å². The van der Waals surface area contributed by atoms with Crippen molar-refractivity contribution < 1.29 is 19.1 Å². The minimum absolute atomic E-state index is 0.377. The molecule has 0 fully saturated rings. The molecule has 1 atom stereocenters. The number of hydrogen-bond acceptors (Lipinski definition) is 5. The second-order valence-electron chi connectivity index (χ2n) is 6.80. The van der Waals surface area contributed by atoms with Crippen LogP contribution in [0.25, 0.3) is 0 Å². The van der Waals surface area contributed by atoms with Gasteiger partial charge in [-0.25, -0.2) is 0 Å². The van der Waals surface area contributed by atoms with E-state index in [4.69, 9.17) is 9.47 Å². The molecule has 0 spiro atoms. The lowest BCUT2D eigenvalue weighted by molar-refractivity contribution is -0.128. The Hall–Kier alpha value is -3.32. The molecule has 156 valence electrons. The number of amides is 2. The third-order valence-electron chi connectivity index (χ3n) is 4.58. The van der Waals surface area contributed by atoms with Crippen molar-refractivity contribution in [2.75, 3.05) is 0 Å². The normalized spacial score (nSPS) is 11.4. The van der Waals surface area contributed by atoms with E-state index in [9.17, 15) is 9.59 Å². The van der Waals surface area contributed by atoms with Crippen LogP contribution in [-0.2, 0) is 11.4 Å². The Bertz CT molecular complexity index is 1020. The highest BCUT2D eigenvalue weighted by molar-refractivity contribution is 7.09. The molecular formula is C23H24N2O4S. The summed E-state index contributed by atoms with van der Waals surface area (Å²) >= 11 is 1.61. The lowest BCUT2D eigenvalue weighted by Crippen LogP contribution is -2.47. The Morgan fingerprint density at radius 3 is 2.60 bits per heavy atom. The summed E-state index contributed by atoms with van der Waals surface area (Å²) in [6.07, 6.45) is -0.772. The summed E-state index contributed by atoms with van der Waals surface area (Å²) < 4.78 is 11.4. The predicted octanol–water partition coefficient (Wildman–Crippen LogP) is 4.17. The van der Waals surface area contributed by atoms with Crippen LogP contribution in [0.1, 0.15) is 33.3 Å². The summed E-state index contributed by atoms with van der Waals surface area (Å²) in [6, 6.07) is 16.4. The van der Waals surface area contributed by atoms with Crippen molar-refractivity contribution in [3.05, 3.63) is 81.5 Å². The first kappa shape index (κ1) is 21.4. The highest BCUT2D eigenvalue weighted by Crippen LogP contribution is 2.21. The molecule has 6 nitrogen and oxygen atoms in total. The minimum atomic E-state index is -0.772. The molecule has 1 unspecified atom stereocenters. The summed E-state index contributed by atoms with van der Waals surface area (Å²) in [4.78, 5) is 25.8. The van der Waals surface area contributed by atoms with Gasteiger partial charge in [-0.2, -0.15) is 0 Å². The zero-order chi connectivity index (χ0) is 21.5. The van der Waals surface area contributed by atoms with Crippen LogP contribution < -0.4 is 20.3 Å². The van der Waals surface area contributed by atoms with Crippen LogP contribution >= 0.6 is 11.3 Å². The number of thiophene rings is 1. The second-order valence-corrected chi connectivity index (χ2v) is 7.83. The molecule has 0 saturated heterocycles. The van der Waals surface area contributed by atoms with E-state index >= 15 is 0 Å². The highest BCUT2D eigenvalue weighted by Gasteiger charge is 2.17. The van der Waals surface area contributed by atoms with Crippen LogP contribution in [-0.4, -0.2) is 17.9 Å². The van der Waals surface area contributed by atoms with Gasteiger partial charge in [0.05, 0.1) is 0 Å². The maximum absolute atomic E-state index is 12.4. The number of nitrogens with one attached hydrogen (secondary N) is 2. The van der Waals surface area contributed by atoms with E-state index in [1.54, 1.807) is 42.5 Å². The van der Waals surface area contributed by atoms with Gasteiger partial charge in [-0.15, -0.1) is 11.3 Å². The lowest BCUT2D eigenvalue weighted by Gasteiger charge is -2.17. The molecule has 0 radical (unpaired) electrons. The monoisotopic (exact) mass is 424 g/mol. The molecule has 0 aliphatic carbocycles. The molecule has 3 rings (SSSR count). The SMILES string of the molecule is Cc1cccc(OC(C)C(=O)NNC(=O)c2cccc(OCc3cccs3)c2)c1C. The largest absolute Gasteiger partial charge is 0.488 e. The zero-order valence-corrected chi connectivity index (χ0v) is 17.9. The fraction of sp³-hybridized carbons (Fsp3) is 0.217. The fourth-order valence-electron chi connectivity index (χ4n) is 2.66. The summed E-state index contributed by atoms with van der Waals surface area (Å²) in [5.74, 6) is 0.326. The first-order valence-electron chi connectivity index (χ1n) is 9.52. The minimum Gasteiger partial charge on any atom is -0.488 e. The average molecular weight is 425 g/mol. The van der Waals surface area contributed by atoms with Gasteiger partial charge < -0.3 is 9.47 Å². The van der Waals surface area contributed by atoms with Gasteiger partial charge in [0.25, 0.3) is 11.8 Å². The topological polar surface area (TPSA) is 76.7 Å². The maximum atomic E-state index is 12.4. The number of aryl methyl sites for hydroxylation is 1. The number of carbonyl (C=O) groups excluding carboxylic acids is 2. The molecule has 0 aliphatic rings. The highest BCUT2D eigenvalue weighted by atomic mass is 32.1. The van der Waals surface area contributed by atoms with Crippen LogP contribution in [0.4, 0.5) is 0 Å².